The van der Waals surface area contributed by atoms with E-state index in [9.17, 15) is 22.8 Å². The van der Waals surface area contributed by atoms with Gasteiger partial charge in [-0.15, -0.1) is 0 Å². The van der Waals surface area contributed by atoms with Gasteiger partial charge in [-0.25, -0.2) is 5.43 Å². The van der Waals surface area contributed by atoms with Crippen LogP contribution >= 0.6 is 0 Å². The SMILES string of the molecule is C/C(CCc1ccccc1)=N/NC(=O)C(=O)Nc1cccc(C(F)(F)F)c1. The van der Waals surface area contributed by atoms with E-state index in [1.54, 1.807) is 6.92 Å². The van der Waals surface area contributed by atoms with Crippen LogP contribution in [0.15, 0.2) is 59.7 Å². The van der Waals surface area contributed by atoms with Crippen molar-refractivity contribution in [3.05, 3.63) is 65.7 Å². The van der Waals surface area contributed by atoms with Gasteiger partial charge < -0.3 is 5.32 Å². The van der Waals surface area contributed by atoms with E-state index in [-0.39, 0.29) is 5.69 Å². The second kappa shape index (κ2) is 8.98. The molecule has 0 saturated carbocycles. The molecule has 0 aliphatic rings. The van der Waals surface area contributed by atoms with Crippen LogP contribution in [0.2, 0.25) is 0 Å². The molecule has 2 aromatic carbocycles. The van der Waals surface area contributed by atoms with Crippen molar-refractivity contribution in [3.63, 3.8) is 0 Å². The Bertz CT molecular complexity index is 834. The fourth-order valence-corrected chi connectivity index (χ4v) is 2.18. The normalized spacial score (nSPS) is 11.8. The molecule has 2 aromatic rings. The van der Waals surface area contributed by atoms with Crippen LogP contribution in [-0.2, 0) is 22.2 Å². The van der Waals surface area contributed by atoms with Gasteiger partial charge in [0.2, 0.25) is 0 Å². The van der Waals surface area contributed by atoms with Crippen LogP contribution in [0.5, 0.6) is 0 Å². The number of carbonyl (C=O) groups excluding carboxylic acids is 2. The van der Waals surface area contributed by atoms with E-state index in [2.05, 4.69) is 15.8 Å². The van der Waals surface area contributed by atoms with Crippen molar-refractivity contribution in [1.82, 2.24) is 5.43 Å². The van der Waals surface area contributed by atoms with Crippen molar-refractivity contribution < 1.29 is 22.8 Å². The second-order valence-electron chi connectivity index (χ2n) is 5.81. The van der Waals surface area contributed by atoms with E-state index >= 15 is 0 Å². The minimum atomic E-state index is -4.54. The Morgan fingerprint density at radius 3 is 2.37 bits per heavy atom. The van der Waals surface area contributed by atoms with E-state index < -0.39 is 23.6 Å². The first-order valence-electron chi connectivity index (χ1n) is 8.11. The number of hydrogen-bond acceptors (Lipinski definition) is 3. The smallest absolute Gasteiger partial charge is 0.318 e. The van der Waals surface area contributed by atoms with Gasteiger partial charge in [0.05, 0.1) is 5.56 Å². The average molecular weight is 377 g/mol. The number of nitrogens with zero attached hydrogens (tertiary/aromatic N) is 1. The first kappa shape index (κ1) is 20.2. The zero-order chi connectivity index (χ0) is 19.9. The van der Waals surface area contributed by atoms with Crippen LogP contribution < -0.4 is 10.7 Å². The summed E-state index contributed by atoms with van der Waals surface area (Å²) in [4.78, 5) is 23.5. The predicted molar refractivity (Wildman–Crippen MR) is 96.1 cm³/mol. The van der Waals surface area contributed by atoms with Crippen molar-refractivity contribution >= 4 is 23.2 Å². The number of benzene rings is 2. The lowest BCUT2D eigenvalue weighted by Crippen LogP contribution is -2.33. The summed E-state index contributed by atoms with van der Waals surface area (Å²) in [6, 6.07) is 13.7. The Kier molecular flexibility index (Phi) is 6.70. The van der Waals surface area contributed by atoms with Crippen molar-refractivity contribution in [2.75, 3.05) is 5.32 Å². The van der Waals surface area contributed by atoms with Crippen LogP contribution in [0, 0.1) is 0 Å². The molecule has 0 spiro atoms. The van der Waals surface area contributed by atoms with E-state index in [1.807, 2.05) is 30.3 Å². The highest BCUT2D eigenvalue weighted by Crippen LogP contribution is 2.30. The molecule has 0 aromatic heterocycles. The van der Waals surface area contributed by atoms with Crippen LogP contribution in [-0.4, -0.2) is 17.5 Å². The number of anilines is 1. The third-order valence-electron chi connectivity index (χ3n) is 3.62. The summed E-state index contributed by atoms with van der Waals surface area (Å²) in [5.41, 5.74) is 2.77. The molecule has 5 nitrogen and oxygen atoms in total. The third kappa shape index (κ3) is 6.58. The Morgan fingerprint density at radius 2 is 1.70 bits per heavy atom. The predicted octanol–water partition coefficient (Wildman–Crippen LogP) is 3.77. The summed E-state index contributed by atoms with van der Waals surface area (Å²) in [5.74, 6) is -2.17. The zero-order valence-corrected chi connectivity index (χ0v) is 14.5. The van der Waals surface area contributed by atoms with Gasteiger partial charge in [0, 0.05) is 11.4 Å². The molecule has 0 bridgehead atoms. The fourth-order valence-electron chi connectivity index (χ4n) is 2.18. The van der Waals surface area contributed by atoms with Gasteiger partial charge in [-0.3, -0.25) is 9.59 Å². The topological polar surface area (TPSA) is 70.6 Å². The van der Waals surface area contributed by atoms with Crippen molar-refractivity contribution in [1.29, 1.82) is 0 Å². The highest BCUT2D eigenvalue weighted by molar-refractivity contribution is 6.39. The third-order valence-corrected chi connectivity index (χ3v) is 3.62. The summed E-state index contributed by atoms with van der Waals surface area (Å²) < 4.78 is 38.0. The fraction of sp³-hybridized carbons (Fsp3) is 0.211. The molecule has 0 aliphatic heterocycles. The van der Waals surface area contributed by atoms with E-state index in [0.29, 0.717) is 12.1 Å². The van der Waals surface area contributed by atoms with Gasteiger partial charge in [0.1, 0.15) is 0 Å². The summed E-state index contributed by atoms with van der Waals surface area (Å²) in [6.45, 7) is 1.70. The van der Waals surface area contributed by atoms with Gasteiger partial charge in [-0.1, -0.05) is 36.4 Å². The molecule has 0 unspecified atom stereocenters. The molecule has 0 fully saturated rings. The Morgan fingerprint density at radius 1 is 1.00 bits per heavy atom. The first-order valence-corrected chi connectivity index (χ1v) is 8.11. The quantitative estimate of drug-likeness (QED) is 0.473. The summed E-state index contributed by atoms with van der Waals surface area (Å²) in [5, 5.41) is 5.95. The van der Waals surface area contributed by atoms with Gasteiger partial charge in [0.15, 0.2) is 0 Å². The number of hydrogen-bond donors (Lipinski definition) is 2. The molecule has 0 atom stereocenters. The van der Waals surface area contributed by atoms with Gasteiger partial charge in [0.25, 0.3) is 0 Å². The molecule has 0 heterocycles. The van der Waals surface area contributed by atoms with Crippen LogP contribution in [0.3, 0.4) is 0 Å². The van der Waals surface area contributed by atoms with E-state index in [0.717, 1.165) is 30.2 Å². The molecule has 142 valence electrons. The highest BCUT2D eigenvalue weighted by atomic mass is 19.4. The van der Waals surface area contributed by atoms with Crippen LogP contribution in [0.4, 0.5) is 18.9 Å². The molecular weight excluding hydrogens is 359 g/mol. The minimum absolute atomic E-state index is 0.130. The van der Waals surface area contributed by atoms with Crippen LogP contribution in [0.1, 0.15) is 24.5 Å². The number of alkyl halides is 3. The number of carbonyl (C=O) groups is 2. The van der Waals surface area contributed by atoms with Crippen molar-refractivity contribution in [2.45, 2.75) is 25.9 Å². The van der Waals surface area contributed by atoms with Crippen molar-refractivity contribution in [3.8, 4) is 0 Å². The number of aryl methyl sites for hydroxylation is 1. The number of halogens is 3. The number of rotatable bonds is 5. The van der Waals surface area contributed by atoms with Crippen LogP contribution in [0.25, 0.3) is 0 Å². The monoisotopic (exact) mass is 377 g/mol. The second-order valence-corrected chi connectivity index (χ2v) is 5.81. The standard InChI is InChI=1S/C19H18F3N3O2/c1-13(10-11-14-6-3-2-4-7-14)24-25-18(27)17(26)23-16-9-5-8-15(12-16)19(20,21)22/h2-9,12H,10-11H2,1H3,(H,23,26)(H,25,27)/b24-13-. The van der Waals surface area contributed by atoms with Gasteiger partial charge in [-0.2, -0.15) is 18.3 Å². The van der Waals surface area contributed by atoms with Gasteiger partial charge in [-0.05, 0) is 43.5 Å². The Labute approximate surface area is 154 Å². The maximum atomic E-state index is 12.7. The largest absolute Gasteiger partial charge is 0.416 e. The maximum absolute atomic E-state index is 12.7. The molecular formula is C19H18F3N3O2. The molecule has 2 amide bonds. The molecule has 0 radical (unpaired) electrons. The molecule has 2 N–H and O–H groups in total. The Hall–Kier alpha value is -3.16. The summed E-state index contributed by atoms with van der Waals surface area (Å²) >= 11 is 0. The highest BCUT2D eigenvalue weighted by Gasteiger charge is 2.30. The lowest BCUT2D eigenvalue weighted by atomic mass is 10.1. The van der Waals surface area contributed by atoms with Gasteiger partial charge >= 0.3 is 18.0 Å². The number of amides is 2. The number of nitrogens with one attached hydrogen (secondary N) is 2. The van der Waals surface area contributed by atoms with Crippen molar-refractivity contribution in [2.24, 2.45) is 5.10 Å². The zero-order valence-electron chi connectivity index (χ0n) is 14.5. The average Bonchev–Trinajstić information content (AvgIpc) is 2.64. The molecule has 0 aliphatic carbocycles. The van der Waals surface area contributed by atoms with E-state index in [1.165, 1.54) is 6.07 Å². The molecule has 2 rings (SSSR count). The summed E-state index contributed by atoms with van der Waals surface area (Å²) in [7, 11) is 0. The molecule has 0 saturated heterocycles. The summed E-state index contributed by atoms with van der Waals surface area (Å²) in [6.07, 6.45) is -3.23. The molecule has 8 heteroatoms. The van der Waals surface area contributed by atoms with E-state index in [4.69, 9.17) is 0 Å². The first-order chi connectivity index (χ1) is 12.8. The maximum Gasteiger partial charge on any atom is 0.416 e. The molecule has 27 heavy (non-hydrogen) atoms. The Balaban J connectivity index is 1.87. The number of hydrazone groups is 1. The minimum Gasteiger partial charge on any atom is -0.318 e. The lowest BCUT2D eigenvalue weighted by Gasteiger charge is -2.09. The lowest BCUT2D eigenvalue weighted by molar-refractivity contribution is -0.137.